The predicted octanol–water partition coefficient (Wildman–Crippen LogP) is -3.95. The van der Waals surface area contributed by atoms with E-state index in [1.165, 1.54) is 0 Å². The van der Waals surface area contributed by atoms with E-state index in [0.29, 0.717) is 0 Å². The second-order valence-corrected chi connectivity index (χ2v) is 0.671. The van der Waals surface area contributed by atoms with Crippen LogP contribution in [0.15, 0.2) is 0 Å². The van der Waals surface area contributed by atoms with Crippen molar-refractivity contribution < 1.29 is 109 Å². The van der Waals surface area contributed by atoms with E-state index in [2.05, 4.69) is 0 Å². The maximum Gasteiger partial charge on any atom is 1.00 e. The molecule has 0 spiro atoms. The Hall–Kier alpha value is 0.208. The third-order valence-electron chi connectivity index (χ3n) is 0. The molecule has 0 N–H and O–H groups in total. The Morgan fingerprint density at radius 2 is 0.562 bits per heavy atom. The van der Waals surface area contributed by atoms with Crippen molar-refractivity contribution in [2.24, 2.45) is 0 Å². The average molecular weight is 495 g/mol. The second-order valence-electron chi connectivity index (χ2n) is 0.671. The van der Waals surface area contributed by atoms with Gasteiger partial charge in [-0.1, -0.05) is 0 Å². The molecule has 0 aromatic carbocycles. The Morgan fingerprint density at radius 1 is 0.562 bits per heavy atom. The van der Waals surface area contributed by atoms with Crippen LogP contribution in [0.25, 0.3) is 0 Å². The zero-order valence-electron chi connectivity index (χ0n) is 7.33. The van der Waals surface area contributed by atoms with Crippen molar-refractivity contribution in [2.45, 2.75) is 0 Å². The molecular formula is KN3O11U-6. The van der Waals surface area contributed by atoms with Gasteiger partial charge in [0.15, 0.2) is 0 Å². The van der Waals surface area contributed by atoms with Crippen molar-refractivity contribution in [3.63, 3.8) is 0 Å². The molecule has 0 aliphatic rings. The van der Waals surface area contributed by atoms with Crippen LogP contribution >= 0.6 is 0 Å². The number of nitrogens with zero attached hydrogens (tertiary/aromatic N) is 3. The molecule has 0 saturated heterocycles. The summed E-state index contributed by atoms with van der Waals surface area (Å²) >= 11 is 0. The van der Waals surface area contributed by atoms with E-state index in [9.17, 15) is 0 Å². The first-order chi connectivity index (χ1) is 5.20. The van der Waals surface area contributed by atoms with Crippen LogP contribution in [0, 0.1) is 77.1 Å². The minimum absolute atomic E-state index is 0. The van der Waals surface area contributed by atoms with Crippen LogP contribution in [0.3, 0.4) is 0 Å². The molecule has 0 aliphatic heterocycles. The monoisotopic (exact) mass is 495 g/mol. The van der Waals surface area contributed by atoms with E-state index >= 15 is 0 Å². The Kier molecular flexibility index (Phi) is 100. The standard InChI is InChI=1S/K.3NO3.2O.U/c;3*2-1(3)4;;;/q+1;3*-1;2*-2;. The van der Waals surface area contributed by atoms with Crippen molar-refractivity contribution in [3.8, 4) is 0 Å². The van der Waals surface area contributed by atoms with Gasteiger partial charge in [-0.2, -0.15) is 0 Å². The van der Waals surface area contributed by atoms with Gasteiger partial charge in [-0.3, -0.25) is 0 Å². The van der Waals surface area contributed by atoms with Crippen LogP contribution in [0.5, 0.6) is 0 Å². The van der Waals surface area contributed by atoms with Gasteiger partial charge in [-0.25, -0.2) is 0 Å². The van der Waals surface area contributed by atoms with Crippen molar-refractivity contribution in [1.29, 1.82) is 0 Å². The smallest absolute Gasteiger partial charge is 1.00 e. The van der Waals surface area contributed by atoms with Gasteiger partial charge in [-0.15, -0.1) is 0 Å². The Bertz CT molecular complexity index is 119. The van der Waals surface area contributed by atoms with Crippen LogP contribution in [0.4, 0.5) is 0 Å². The molecule has 92 valence electrons. The molecule has 14 nitrogen and oxygen atoms in total. The molecule has 0 radical (unpaired) electrons. The molecule has 0 bridgehead atoms. The van der Waals surface area contributed by atoms with Crippen molar-refractivity contribution in [1.82, 2.24) is 0 Å². The topological polar surface area (TPSA) is 256 Å². The summed E-state index contributed by atoms with van der Waals surface area (Å²) in [6, 6.07) is 0. The summed E-state index contributed by atoms with van der Waals surface area (Å²) in [6.07, 6.45) is 0. The molecule has 16 heavy (non-hydrogen) atoms. The number of hydrogen-bond acceptors (Lipinski definition) is 9. The van der Waals surface area contributed by atoms with Gasteiger partial charge >= 0.3 is 51.4 Å². The molecule has 0 aliphatic carbocycles. The fourth-order valence-corrected chi connectivity index (χ4v) is 0. The van der Waals surface area contributed by atoms with Gasteiger partial charge in [0.2, 0.25) is 0 Å². The van der Waals surface area contributed by atoms with Gasteiger partial charge in [0, 0.05) is 31.1 Å². The molecular weight excluding hydrogens is 495 g/mol. The Balaban J connectivity index is -0.0000000135. The molecule has 0 unspecified atom stereocenters. The molecule has 0 fully saturated rings. The molecule has 16 heteroatoms. The molecule has 0 aromatic rings. The first-order valence-electron chi connectivity index (χ1n) is 1.64. The zero-order chi connectivity index (χ0) is 10.7. The summed E-state index contributed by atoms with van der Waals surface area (Å²) in [6.45, 7) is 0. The molecule has 0 amide bonds. The van der Waals surface area contributed by atoms with Crippen molar-refractivity contribution >= 4 is 0 Å². The van der Waals surface area contributed by atoms with Crippen LogP contribution in [0.2, 0.25) is 0 Å². The van der Waals surface area contributed by atoms with Gasteiger partial charge in [0.1, 0.15) is 0 Å². The SMILES string of the molecule is O=[N+]([O-])[O-].O=[N+]([O-])[O-].O=[N+]([O-])[O-].[K+].[O-2].[O-2].[U]. The summed E-state index contributed by atoms with van der Waals surface area (Å²) in [7, 11) is 0. The Labute approximate surface area is 152 Å². The van der Waals surface area contributed by atoms with Gasteiger partial charge in [0.05, 0.1) is 15.3 Å². The van der Waals surface area contributed by atoms with E-state index in [1.807, 2.05) is 0 Å². The normalized spacial score (nSPS) is 4.50. The first-order valence-corrected chi connectivity index (χ1v) is 1.64. The zero-order valence-corrected chi connectivity index (χ0v) is 14.6. The van der Waals surface area contributed by atoms with Gasteiger partial charge in [0.25, 0.3) is 0 Å². The summed E-state index contributed by atoms with van der Waals surface area (Å²) in [5.74, 6) is 0. The molecule has 0 saturated carbocycles. The van der Waals surface area contributed by atoms with Crippen LogP contribution in [0.1, 0.15) is 0 Å². The second kappa shape index (κ2) is 36.2. The maximum atomic E-state index is 8.25. The molecule has 0 heterocycles. The van der Waals surface area contributed by atoms with Crippen molar-refractivity contribution in [2.75, 3.05) is 0 Å². The minimum atomic E-state index is -1.75. The maximum absolute atomic E-state index is 8.25. The number of hydrogen-bond donors (Lipinski definition) is 0. The summed E-state index contributed by atoms with van der Waals surface area (Å²) in [5, 5.41) is 44.2. The van der Waals surface area contributed by atoms with E-state index < -0.39 is 15.3 Å². The minimum Gasteiger partial charge on any atom is -2.00 e. The van der Waals surface area contributed by atoms with E-state index in [0.717, 1.165) is 0 Å². The summed E-state index contributed by atoms with van der Waals surface area (Å²) < 4.78 is 0. The van der Waals surface area contributed by atoms with E-state index in [4.69, 9.17) is 46.0 Å². The van der Waals surface area contributed by atoms with Crippen LogP contribution in [-0.2, 0) is 11.0 Å². The summed E-state index contributed by atoms with van der Waals surface area (Å²) in [4.78, 5) is 24.8. The molecule has 0 atom stereocenters. The van der Waals surface area contributed by atoms with Crippen LogP contribution < -0.4 is 51.4 Å². The fourth-order valence-electron chi connectivity index (χ4n) is 0. The van der Waals surface area contributed by atoms with Crippen LogP contribution in [-0.4, -0.2) is 15.3 Å². The predicted molar refractivity (Wildman–Crippen MR) is 32.5 cm³/mol. The molecule has 0 rings (SSSR count). The average Bonchev–Trinajstić information content (AvgIpc) is 1.54. The largest absolute Gasteiger partial charge is 2.00 e. The van der Waals surface area contributed by atoms with E-state index in [1.54, 1.807) is 0 Å². The quantitative estimate of drug-likeness (QED) is 0.180. The van der Waals surface area contributed by atoms with Crippen molar-refractivity contribution in [3.05, 3.63) is 46.0 Å². The first kappa shape index (κ1) is 44.2. The Morgan fingerprint density at radius 3 is 0.562 bits per heavy atom. The number of rotatable bonds is 0. The van der Waals surface area contributed by atoms with E-state index in [-0.39, 0.29) is 93.5 Å². The fraction of sp³-hybridized carbons (Fsp3) is 0. The van der Waals surface area contributed by atoms with Gasteiger partial charge < -0.3 is 56.9 Å². The summed E-state index contributed by atoms with van der Waals surface area (Å²) in [5.41, 5.74) is 0. The molecule has 0 aromatic heterocycles. The third-order valence-corrected chi connectivity index (χ3v) is 0. The van der Waals surface area contributed by atoms with Gasteiger partial charge in [-0.05, 0) is 0 Å². The third kappa shape index (κ3) is 57100.